The van der Waals surface area contributed by atoms with Gasteiger partial charge in [-0.1, -0.05) is 24.3 Å². The van der Waals surface area contributed by atoms with Crippen LogP contribution in [0.15, 0.2) is 69.9 Å². The molecule has 1 atom stereocenters. The number of furan rings is 1. The van der Waals surface area contributed by atoms with Crippen molar-refractivity contribution in [2.45, 2.75) is 26.4 Å². The van der Waals surface area contributed by atoms with E-state index < -0.39 is 0 Å². The minimum Gasteiger partial charge on any atom is -0.464 e. The van der Waals surface area contributed by atoms with Gasteiger partial charge in [-0.25, -0.2) is 0 Å². The van der Waals surface area contributed by atoms with Crippen molar-refractivity contribution in [3.63, 3.8) is 0 Å². The molecule has 1 amide bonds. The Kier molecular flexibility index (Phi) is 4.28. The molecule has 2 aromatic carbocycles. The molecular formula is C22H20N2O3. The Labute approximate surface area is 156 Å². The molecule has 0 aliphatic rings. The zero-order valence-corrected chi connectivity index (χ0v) is 15.2. The number of fused-ring (bicyclic) bond motifs is 2. The highest BCUT2D eigenvalue weighted by Gasteiger charge is 2.16. The van der Waals surface area contributed by atoms with Gasteiger partial charge >= 0.3 is 0 Å². The molecule has 136 valence electrons. The monoisotopic (exact) mass is 360 g/mol. The molecule has 1 unspecified atom stereocenters. The highest BCUT2D eigenvalue weighted by molar-refractivity contribution is 5.94. The lowest BCUT2D eigenvalue weighted by Crippen LogP contribution is -2.30. The van der Waals surface area contributed by atoms with Crippen LogP contribution in [0.3, 0.4) is 0 Å². The summed E-state index contributed by atoms with van der Waals surface area (Å²) < 4.78 is 7.48. The van der Waals surface area contributed by atoms with Gasteiger partial charge in [0.1, 0.15) is 18.1 Å². The summed E-state index contributed by atoms with van der Waals surface area (Å²) in [5.74, 6) is 1.38. The summed E-state index contributed by atoms with van der Waals surface area (Å²) in [5.41, 5.74) is 1.48. The zero-order valence-electron chi connectivity index (χ0n) is 15.2. The van der Waals surface area contributed by atoms with Crippen molar-refractivity contribution in [3.05, 3.63) is 82.4 Å². The largest absolute Gasteiger partial charge is 0.464 e. The van der Waals surface area contributed by atoms with Gasteiger partial charge in [-0.2, -0.15) is 0 Å². The SMILES string of the molecule is Cc1ccc(C(C)NC(=O)Cn2c3ccccc3c(=O)c3ccccc32)o1. The molecule has 1 N–H and O–H groups in total. The number of carbonyl (C=O) groups excluding carboxylic acids is 1. The maximum atomic E-state index is 12.8. The lowest BCUT2D eigenvalue weighted by Gasteiger charge is -2.17. The normalized spacial score (nSPS) is 12.4. The molecule has 0 aliphatic heterocycles. The fraction of sp³-hybridized carbons (Fsp3) is 0.182. The van der Waals surface area contributed by atoms with Crippen LogP contribution in [0.5, 0.6) is 0 Å². The van der Waals surface area contributed by atoms with Crippen LogP contribution in [0.4, 0.5) is 0 Å². The minimum absolute atomic E-state index is 0.0164. The number of aromatic nitrogens is 1. The summed E-state index contributed by atoms with van der Waals surface area (Å²) >= 11 is 0. The van der Waals surface area contributed by atoms with Gasteiger partial charge in [0, 0.05) is 10.8 Å². The number of carbonyl (C=O) groups is 1. The van der Waals surface area contributed by atoms with Gasteiger partial charge in [-0.3, -0.25) is 9.59 Å². The third-order valence-electron chi connectivity index (χ3n) is 4.75. The van der Waals surface area contributed by atoms with Gasteiger partial charge in [0.05, 0.1) is 17.1 Å². The van der Waals surface area contributed by atoms with E-state index in [1.807, 2.05) is 66.9 Å². The predicted octanol–water partition coefficient (Wildman–Crippen LogP) is 3.93. The third-order valence-corrected chi connectivity index (χ3v) is 4.75. The molecule has 2 heterocycles. The molecule has 27 heavy (non-hydrogen) atoms. The van der Waals surface area contributed by atoms with Crippen molar-refractivity contribution in [3.8, 4) is 0 Å². The molecule has 0 spiro atoms. The van der Waals surface area contributed by atoms with Gasteiger partial charge in [-0.05, 0) is 50.2 Å². The number of hydrogen-bond donors (Lipinski definition) is 1. The number of para-hydroxylation sites is 2. The van der Waals surface area contributed by atoms with Crippen LogP contribution in [0.1, 0.15) is 24.5 Å². The molecule has 0 bridgehead atoms. The first-order valence-electron chi connectivity index (χ1n) is 8.90. The van der Waals surface area contributed by atoms with Gasteiger partial charge in [-0.15, -0.1) is 0 Å². The maximum Gasteiger partial charge on any atom is 0.240 e. The number of nitrogens with one attached hydrogen (secondary N) is 1. The quantitative estimate of drug-likeness (QED) is 0.561. The Morgan fingerprint density at radius 3 is 2.15 bits per heavy atom. The van der Waals surface area contributed by atoms with E-state index in [1.165, 1.54) is 0 Å². The van der Waals surface area contributed by atoms with E-state index in [-0.39, 0.29) is 23.9 Å². The molecule has 0 saturated heterocycles. The highest BCUT2D eigenvalue weighted by atomic mass is 16.3. The number of hydrogen-bond acceptors (Lipinski definition) is 3. The number of pyridine rings is 1. The van der Waals surface area contributed by atoms with Crippen LogP contribution in [-0.4, -0.2) is 10.5 Å². The van der Waals surface area contributed by atoms with Crippen molar-refractivity contribution < 1.29 is 9.21 Å². The summed E-state index contributed by atoms with van der Waals surface area (Å²) in [6.45, 7) is 3.87. The Morgan fingerprint density at radius 1 is 1.00 bits per heavy atom. The minimum atomic E-state index is -0.233. The van der Waals surface area contributed by atoms with Gasteiger partial charge in [0.25, 0.3) is 0 Å². The number of aryl methyl sites for hydroxylation is 1. The lowest BCUT2D eigenvalue weighted by molar-refractivity contribution is -0.122. The molecule has 0 saturated carbocycles. The van der Waals surface area contributed by atoms with Gasteiger partial charge in [0.15, 0.2) is 5.43 Å². The Balaban J connectivity index is 1.73. The van der Waals surface area contributed by atoms with Crippen LogP contribution in [0, 0.1) is 6.92 Å². The van der Waals surface area contributed by atoms with E-state index in [9.17, 15) is 9.59 Å². The maximum absolute atomic E-state index is 12.8. The molecule has 0 fully saturated rings. The molecule has 5 heteroatoms. The molecule has 4 rings (SSSR count). The van der Waals surface area contributed by atoms with Crippen LogP contribution in [-0.2, 0) is 11.3 Å². The van der Waals surface area contributed by atoms with Crippen LogP contribution >= 0.6 is 0 Å². The van der Waals surface area contributed by atoms with Gasteiger partial charge < -0.3 is 14.3 Å². The first kappa shape index (κ1) is 17.1. The highest BCUT2D eigenvalue weighted by Crippen LogP contribution is 2.20. The van der Waals surface area contributed by atoms with Crippen molar-refractivity contribution in [1.82, 2.24) is 9.88 Å². The first-order chi connectivity index (χ1) is 13.0. The fourth-order valence-electron chi connectivity index (χ4n) is 3.44. The molecule has 4 aromatic rings. The van der Waals surface area contributed by atoms with E-state index in [0.717, 1.165) is 22.6 Å². The van der Waals surface area contributed by atoms with Crippen molar-refractivity contribution in [1.29, 1.82) is 0 Å². The van der Waals surface area contributed by atoms with Crippen LogP contribution in [0.2, 0.25) is 0 Å². The van der Waals surface area contributed by atoms with Crippen molar-refractivity contribution >= 4 is 27.7 Å². The standard InChI is InChI=1S/C22H20N2O3/c1-14-11-12-20(27-14)15(2)23-21(25)13-24-18-9-5-3-7-16(18)22(26)17-8-4-6-10-19(17)24/h3-12,15H,13H2,1-2H3,(H,23,25). The second-order valence-electron chi connectivity index (χ2n) is 6.69. The first-order valence-corrected chi connectivity index (χ1v) is 8.90. The summed E-state index contributed by atoms with van der Waals surface area (Å²) in [6.07, 6.45) is 0. The molecule has 0 radical (unpaired) electrons. The van der Waals surface area contributed by atoms with Crippen LogP contribution < -0.4 is 10.7 Å². The van der Waals surface area contributed by atoms with E-state index in [0.29, 0.717) is 10.8 Å². The van der Waals surface area contributed by atoms with Crippen molar-refractivity contribution in [2.75, 3.05) is 0 Å². The summed E-state index contributed by atoms with van der Waals surface area (Å²) in [6, 6.07) is 18.3. The predicted molar refractivity (Wildman–Crippen MR) is 106 cm³/mol. The summed E-state index contributed by atoms with van der Waals surface area (Å²) in [7, 11) is 0. The van der Waals surface area contributed by atoms with Gasteiger partial charge in [0.2, 0.25) is 5.91 Å². The zero-order chi connectivity index (χ0) is 19.0. The number of amides is 1. The number of nitrogens with zero attached hydrogens (tertiary/aromatic N) is 1. The fourth-order valence-corrected chi connectivity index (χ4v) is 3.44. The Bertz CT molecular complexity index is 1140. The molecular weight excluding hydrogens is 340 g/mol. The van der Waals surface area contributed by atoms with Crippen LogP contribution in [0.25, 0.3) is 21.8 Å². The second-order valence-corrected chi connectivity index (χ2v) is 6.69. The third kappa shape index (κ3) is 3.12. The number of benzene rings is 2. The topological polar surface area (TPSA) is 64.2 Å². The Morgan fingerprint density at radius 2 is 1.59 bits per heavy atom. The molecule has 2 aromatic heterocycles. The molecule has 0 aliphatic carbocycles. The van der Waals surface area contributed by atoms with Crippen molar-refractivity contribution in [2.24, 2.45) is 0 Å². The second kappa shape index (κ2) is 6.76. The van der Waals surface area contributed by atoms with E-state index >= 15 is 0 Å². The van der Waals surface area contributed by atoms with E-state index in [4.69, 9.17) is 4.42 Å². The summed E-state index contributed by atoms with van der Waals surface area (Å²) in [4.78, 5) is 25.5. The summed E-state index contributed by atoms with van der Waals surface area (Å²) in [5, 5.41) is 4.19. The molecule has 5 nitrogen and oxygen atoms in total. The smallest absolute Gasteiger partial charge is 0.240 e. The average Bonchev–Trinajstić information content (AvgIpc) is 3.12. The average molecular weight is 360 g/mol. The number of rotatable bonds is 4. The van der Waals surface area contributed by atoms with E-state index in [2.05, 4.69) is 5.32 Å². The lowest BCUT2D eigenvalue weighted by atomic mass is 10.1. The Hall–Kier alpha value is -3.34. The van der Waals surface area contributed by atoms with E-state index in [1.54, 1.807) is 12.1 Å².